The van der Waals surface area contributed by atoms with Gasteiger partial charge in [-0.15, -0.1) is 0 Å². The van der Waals surface area contributed by atoms with Crippen LogP contribution in [0, 0.1) is 11.6 Å². The minimum atomic E-state index is -1.02. The molecular weight excluding hydrogens is 376 g/mol. The van der Waals surface area contributed by atoms with Crippen molar-refractivity contribution in [3.05, 3.63) is 47.2 Å². The minimum absolute atomic E-state index is 0.00824. The Balaban J connectivity index is 1.55. The van der Waals surface area contributed by atoms with E-state index in [-0.39, 0.29) is 23.6 Å². The fourth-order valence-electron chi connectivity index (χ4n) is 3.43. The van der Waals surface area contributed by atoms with E-state index in [0.29, 0.717) is 5.95 Å². The second-order valence-electron chi connectivity index (χ2n) is 7.58. The smallest absolute Gasteiger partial charge is 0.251 e. The van der Waals surface area contributed by atoms with Crippen molar-refractivity contribution in [1.29, 1.82) is 0 Å². The van der Waals surface area contributed by atoms with Gasteiger partial charge in [0.1, 0.15) is 5.82 Å². The van der Waals surface area contributed by atoms with Crippen LogP contribution in [-0.2, 0) is 6.42 Å². The molecule has 0 bridgehead atoms. The van der Waals surface area contributed by atoms with Crippen LogP contribution < -0.4 is 15.5 Å². The van der Waals surface area contributed by atoms with Crippen molar-refractivity contribution in [3.63, 3.8) is 0 Å². The summed E-state index contributed by atoms with van der Waals surface area (Å²) < 4.78 is 26.4. The standard InChI is InChI=1S/C21H27F2N5O/c1-4-14-12-19(28(2)3)27-21(25-14)26-16-8-6-15(7-9-16)24-20(29)13-5-10-17(22)18(23)11-13/h5,10-12,15-16H,4,6-9H2,1-3H3,(H,24,29)(H,25,26,27). The van der Waals surface area contributed by atoms with Crippen LogP contribution in [-0.4, -0.2) is 42.1 Å². The topological polar surface area (TPSA) is 70.2 Å². The van der Waals surface area contributed by atoms with Crippen LogP contribution in [0.3, 0.4) is 0 Å². The summed E-state index contributed by atoms with van der Waals surface area (Å²) in [5.41, 5.74) is 1.11. The Morgan fingerprint density at radius 3 is 2.38 bits per heavy atom. The number of halogens is 2. The lowest BCUT2D eigenvalue weighted by atomic mass is 9.91. The van der Waals surface area contributed by atoms with Crippen LogP contribution in [0.2, 0.25) is 0 Å². The zero-order valence-corrected chi connectivity index (χ0v) is 17.0. The Bertz CT molecular complexity index is 866. The quantitative estimate of drug-likeness (QED) is 0.772. The van der Waals surface area contributed by atoms with Crippen molar-refractivity contribution in [1.82, 2.24) is 15.3 Å². The highest BCUT2D eigenvalue weighted by Crippen LogP contribution is 2.23. The molecule has 0 saturated heterocycles. The van der Waals surface area contributed by atoms with Gasteiger partial charge in [-0.05, 0) is 50.3 Å². The number of rotatable bonds is 6. The number of carbonyl (C=O) groups is 1. The van der Waals surface area contributed by atoms with Gasteiger partial charge >= 0.3 is 0 Å². The van der Waals surface area contributed by atoms with Crippen LogP contribution in [0.4, 0.5) is 20.5 Å². The van der Waals surface area contributed by atoms with Crippen molar-refractivity contribution in [2.24, 2.45) is 0 Å². The van der Waals surface area contributed by atoms with E-state index in [9.17, 15) is 13.6 Å². The molecule has 2 aromatic rings. The first kappa shape index (κ1) is 21.0. The van der Waals surface area contributed by atoms with Crippen molar-refractivity contribution in [2.45, 2.75) is 51.1 Å². The Labute approximate surface area is 169 Å². The van der Waals surface area contributed by atoms with E-state index in [0.717, 1.165) is 55.7 Å². The third kappa shape index (κ3) is 5.40. The minimum Gasteiger partial charge on any atom is -0.363 e. The average Bonchev–Trinajstić information content (AvgIpc) is 2.71. The summed E-state index contributed by atoms with van der Waals surface area (Å²) in [6, 6.07) is 5.41. The Kier molecular flexibility index (Phi) is 6.61. The Hall–Kier alpha value is -2.77. The van der Waals surface area contributed by atoms with Gasteiger partial charge in [-0.2, -0.15) is 4.98 Å². The summed E-state index contributed by atoms with van der Waals surface area (Å²) in [7, 11) is 3.90. The van der Waals surface area contributed by atoms with E-state index in [2.05, 4.69) is 27.5 Å². The SMILES string of the molecule is CCc1cc(N(C)C)nc(NC2CCC(NC(=O)c3ccc(F)c(F)c3)CC2)n1. The van der Waals surface area contributed by atoms with Crippen LogP contribution in [0.25, 0.3) is 0 Å². The molecule has 0 radical (unpaired) electrons. The highest BCUT2D eigenvalue weighted by molar-refractivity contribution is 5.94. The van der Waals surface area contributed by atoms with Gasteiger partial charge in [0.25, 0.3) is 5.91 Å². The van der Waals surface area contributed by atoms with Gasteiger partial charge in [0.2, 0.25) is 5.95 Å². The summed E-state index contributed by atoms with van der Waals surface area (Å²) in [4.78, 5) is 23.4. The number of amides is 1. The monoisotopic (exact) mass is 403 g/mol. The van der Waals surface area contributed by atoms with Gasteiger partial charge in [-0.3, -0.25) is 4.79 Å². The van der Waals surface area contributed by atoms with Gasteiger partial charge in [0, 0.05) is 43.5 Å². The molecule has 1 fully saturated rings. The lowest BCUT2D eigenvalue weighted by Gasteiger charge is -2.30. The summed E-state index contributed by atoms with van der Waals surface area (Å²) in [5, 5.41) is 6.33. The molecule has 156 valence electrons. The lowest BCUT2D eigenvalue weighted by molar-refractivity contribution is 0.0926. The molecule has 29 heavy (non-hydrogen) atoms. The molecule has 3 rings (SSSR count). The molecule has 1 aromatic heterocycles. The van der Waals surface area contributed by atoms with Gasteiger partial charge in [-0.1, -0.05) is 6.92 Å². The van der Waals surface area contributed by atoms with Crippen molar-refractivity contribution in [3.8, 4) is 0 Å². The molecule has 0 aliphatic heterocycles. The number of aryl methyl sites for hydroxylation is 1. The summed E-state index contributed by atoms with van der Waals surface area (Å²) in [6.45, 7) is 2.06. The molecule has 6 nitrogen and oxygen atoms in total. The van der Waals surface area contributed by atoms with Crippen molar-refractivity contribution >= 4 is 17.7 Å². The maximum atomic E-state index is 13.3. The number of hydrogen-bond acceptors (Lipinski definition) is 5. The van der Waals surface area contributed by atoms with E-state index in [1.165, 1.54) is 6.07 Å². The highest BCUT2D eigenvalue weighted by atomic mass is 19.2. The average molecular weight is 403 g/mol. The first-order valence-electron chi connectivity index (χ1n) is 9.93. The normalized spacial score (nSPS) is 18.9. The maximum absolute atomic E-state index is 13.3. The molecule has 8 heteroatoms. The molecule has 0 unspecified atom stereocenters. The van der Waals surface area contributed by atoms with Gasteiger partial charge in [0.05, 0.1) is 0 Å². The van der Waals surface area contributed by atoms with Crippen LogP contribution in [0.1, 0.15) is 48.7 Å². The first-order valence-corrected chi connectivity index (χ1v) is 9.93. The second-order valence-corrected chi connectivity index (χ2v) is 7.58. The first-order chi connectivity index (χ1) is 13.9. The predicted molar refractivity (Wildman–Crippen MR) is 109 cm³/mol. The third-order valence-electron chi connectivity index (χ3n) is 5.16. The molecule has 1 heterocycles. The summed E-state index contributed by atoms with van der Waals surface area (Å²) in [5.74, 6) is -0.860. The number of benzene rings is 1. The zero-order chi connectivity index (χ0) is 21.0. The maximum Gasteiger partial charge on any atom is 0.251 e. The molecular formula is C21H27F2N5O. The lowest BCUT2D eigenvalue weighted by Crippen LogP contribution is -2.40. The molecule has 1 aliphatic carbocycles. The predicted octanol–water partition coefficient (Wildman–Crippen LogP) is 3.54. The molecule has 1 amide bonds. The van der Waals surface area contributed by atoms with Crippen molar-refractivity contribution in [2.75, 3.05) is 24.3 Å². The number of carbonyl (C=O) groups excluding carboxylic acids is 1. The summed E-state index contributed by atoms with van der Waals surface area (Å²) >= 11 is 0. The highest BCUT2D eigenvalue weighted by Gasteiger charge is 2.24. The largest absolute Gasteiger partial charge is 0.363 e. The number of nitrogens with one attached hydrogen (secondary N) is 2. The number of aromatic nitrogens is 2. The fourth-order valence-corrected chi connectivity index (χ4v) is 3.43. The third-order valence-corrected chi connectivity index (χ3v) is 5.16. The molecule has 0 atom stereocenters. The number of hydrogen-bond donors (Lipinski definition) is 2. The van der Waals surface area contributed by atoms with Gasteiger partial charge in [-0.25, -0.2) is 13.8 Å². The van der Waals surface area contributed by atoms with E-state index in [1.54, 1.807) is 0 Å². The van der Waals surface area contributed by atoms with E-state index < -0.39 is 11.6 Å². The van der Waals surface area contributed by atoms with Gasteiger partial charge < -0.3 is 15.5 Å². The second kappa shape index (κ2) is 9.15. The molecule has 1 aromatic carbocycles. The van der Waals surface area contributed by atoms with Crippen LogP contribution in [0.5, 0.6) is 0 Å². The fraction of sp³-hybridized carbons (Fsp3) is 0.476. The Morgan fingerprint density at radius 1 is 1.07 bits per heavy atom. The van der Waals surface area contributed by atoms with Crippen LogP contribution in [0.15, 0.2) is 24.3 Å². The Morgan fingerprint density at radius 2 is 1.76 bits per heavy atom. The van der Waals surface area contributed by atoms with Gasteiger partial charge in [0.15, 0.2) is 11.6 Å². The molecule has 2 N–H and O–H groups in total. The molecule has 0 spiro atoms. The molecule has 1 saturated carbocycles. The number of nitrogens with zero attached hydrogens (tertiary/aromatic N) is 3. The van der Waals surface area contributed by atoms with Crippen LogP contribution >= 0.6 is 0 Å². The summed E-state index contributed by atoms with van der Waals surface area (Å²) in [6.07, 6.45) is 4.14. The van der Waals surface area contributed by atoms with Crippen molar-refractivity contribution < 1.29 is 13.6 Å². The zero-order valence-electron chi connectivity index (χ0n) is 17.0. The number of anilines is 2. The van der Waals surface area contributed by atoms with E-state index in [1.807, 2.05) is 25.1 Å². The van der Waals surface area contributed by atoms with E-state index >= 15 is 0 Å². The molecule has 1 aliphatic rings. The van der Waals surface area contributed by atoms with E-state index in [4.69, 9.17) is 0 Å².